The predicted molar refractivity (Wildman–Crippen MR) is 86.1 cm³/mol. The van der Waals surface area contributed by atoms with E-state index in [2.05, 4.69) is 34.6 Å². The van der Waals surface area contributed by atoms with Crippen molar-refractivity contribution in [2.75, 3.05) is 6.16 Å². The van der Waals surface area contributed by atoms with Gasteiger partial charge >= 0.3 is 0 Å². The van der Waals surface area contributed by atoms with Crippen LogP contribution >= 0.6 is 7.37 Å². The molecule has 0 aromatic heterocycles. The van der Waals surface area contributed by atoms with Crippen LogP contribution in [0.5, 0.6) is 0 Å². The molecule has 4 unspecified atom stereocenters. The summed E-state index contributed by atoms with van der Waals surface area (Å²) in [4.78, 5) is 10.5. The molecule has 116 valence electrons. The predicted octanol–water partition coefficient (Wildman–Crippen LogP) is 5.54. The Hall–Kier alpha value is 0.190. The summed E-state index contributed by atoms with van der Waals surface area (Å²) >= 11 is 0. The Bertz CT molecular complexity index is 276. The third-order valence-corrected chi connectivity index (χ3v) is 7.35. The summed E-state index contributed by atoms with van der Waals surface area (Å²) in [5.41, 5.74) is -0.0599. The smallest absolute Gasteiger partial charge is 0.203 e. The average Bonchev–Trinajstić information content (AvgIpc) is 2.33. The summed E-state index contributed by atoms with van der Waals surface area (Å²) in [6.45, 7) is 12.8. The van der Waals surface area contributed by atoms with E-state index in [4.69, 9.17) is 0 Å². The number of hydrogen-bond donors (Lipinski definition) is 1. The van der Waals surface area contributed by atoms with Gasteiger partial charge in [-0.05, 0) is 24.2 Å². The van der Waals surface area contributed by atoms with Crippen LogP contribution in [0.4, 0.5) is 0 Å². The standard InChI is InChI=1S/C16H35O2P/c1-7-9-11-16(13(3)4)12-19(17,18)15(6)14(5)10-8-2/h13-16H,7-12H2,1-6H3,(H,17,18). The first-order valence-corrected chi connectivity index (χ1v) is 9.99. The van der Waals surface area contributed by atoms with Crippen LogP contribution in [0.15, 0.2) is 0 Å². The van der Waals surface area contributed by atoms with Crippen LogP contribution in [-0.4, -0.2) is 16.7 Å². The highest BCUT2D eigenvalue weighted by Crippen LogP contribution is 2.52. The minimum Gasteiger partial charge on any atom is -0.344 e. The van der Waals surface area contributed by atoms with Crippen LogP contribution < -0.4 is 0 Å². The van der Waals surface area contributed by atoms with Crippen molar-refractivity contribution in [1.82, 2.24) is 0 Å². The topological polar surface area (TPSA) is 37.3 Å². The van der Waals surface area contributed by atoms with E-state index < -0.39 is 7.37 Å². The van der Waals surface area contributed by atoms with E-state index in [0.29, 0.717) is 23.9 Å². The van der Waals surface area contributed by atoms with Crippen molar-refractivity contribution in [2.24, 2.45) is 17.8 Å². The van der Waals surface area contributed by atoms with Gasteiger partial charge in [-0.1, -0.05) is 67.2 Å². The lowest BCUT2D eigenvalue weighted by molar-refractivity contribution is 0.356. The molecule has 0 spiro atoms. The molecule has 0 heterocycles. The highest BCUT2D eigenvalue weighted by molar-refractivity contribution is 7.58. The molecule has 0 bridgehead atoms. The second-order valence-corrected chi connectivity index (χ2v) is 9.28. The summed E-state index contributed by atoms with van der Waals surface area (Å²) in [5, 5.41) is 0. The van der Waals surface area contributed by atoms with Gasteiger partial charge in [0.2, 0.25) is 7.37 Å². The molecule has 0 saturated carbocycles. The Labute approximate surface area is 120 Å². The maximum absolute atomic E-state index is 12.7. The number of unbranched alkanes of at least 4 members (excludes halogenated alkanes) is 1. The molecular weight excluding hydrogens is 255 g/mol. The van der Waals surface area contributed by atoms with Crippen molar-refractivity contribution in [2.45, 2.75) is 79.3 Å². The molecule has 1 N–H and O–H groups in total. The first-order valence-electron chi connectivity index (χ1n) is 8.07. The van der Waals surface area contributed by atoms with E-state index in [1.54, 1.807) is 0 Å². The van der Waals surface area contributed by atoms with Crippen LogP contribution in [-0.2, 0) is 4.57 Å². The third-order valence-electron chi connectivity index (χ3n) is 4.57. The minimum atomic E-state index is -3.02. The first-order chi connectivity index (χ1) is 8.76. The minimum absolute atomic E-state index is 0.0599. The van der Waals surface area contributed by atoms with Crippen molar-refractivity contribution in [3.05, 3.63) is 0 Å². The van der Waals surface area contributed by atoms with Gasteiger partial charge in [-0.3, -0.25) is 4.57 Å². The average molecular weight is 290 g/mol. The van der Waals surface area contributed by atoms with Gasteiger partial charge in [-0.25, -0.2) is 0 Å². The quantitative estimate of drug-likeness (QED) is 0.536. The Morgan fingerprint density at radius 3 is 2.00 bits per heavy atom. The third kappa shape index (κ3) is 6.95. The molecule has 0 aromatic rings. The Morgan fingerprint density at radius 1 is 1.00 bits per heavy atom. The Kier molecular flexibility index (Phi) is 9.28. The fourth-order valence-electron chi connectivity index (χ4n) is 2.70. The largest absolute Gasteiger partial charge is 0.344 e. The van der Waals surface area contributed by atoms with Gasteiger partial charge in [0, 0.05) is 11.8 Å². The van der Waals surface area contributed by atoms with Crippen LogP contribution in [0, 0.1) is 17.8 Å². The lowest BCUT2D eigenvalue weighted by atomic mass is 9.92. The summed E-state index contributed by atoms with van der Waals surface area (Å²) in [5.74, 6) is 1.24. The van der Waals surface area contributed by atoms with Crippen molar-refractivity contribution in [3.63, 3.8) is 0 Å². The first kappa shape index (κ1) is 19.2. The zero-order valence-corrected chi connectivity index (χ0v) is 14.7. The van der Waals surface area contributed by atoms with E-state index in [9.17, 15) is 9.46 Å². The fraction of sp³-hybridized carbons (Fsp3) is 1.00. The highest BCUT2D eigenvalue weighted by Gasteiger charge is 2.34. The van der Waals surface area contributed by atoms with Gasteiger partial charge in [0.25, 0.3) is 0 Å². The second kappa shape index (κ2) is 9.19. The Balaban J connectivity index is 4.64. The maximum Gasteiger partial charge on any atom is 0.203 e. The zero-order valence-electron chi connectivity index (χ0n) is 13.9. The van der Waals surface area contributed by atoms with Gasteiger partial charge in [0.1, 0.15) is 0 Å². The van der Waals surface area contributed by atoms with Crippen LogP contribution in [0.3, 0.4) is 0 Å². The molecule has 0 aliphatic heterocycles. The lowest BCUT2D eigenvalue weighted by Crippen LogP contribution is -2.22. The number of rotatable bonds is 10. The fourth-order valence-corrected chi connectivity index (χ4v) is 5.25. The number of hydrogen-bond acceptors (Lipinski definition) is 1. The SMILES string of the molecule is CCCCC(CP(=O)(O)C(C)C(C)CCC)C(C)C. The van der Waals surface area contributed by atoms with Crippen LogP contribution in [0.2, 0.25) is 0 Å². The second-order valence-electron chi connectivity index (χ2n) is 6.59. The molecule has 2 nitrogen and oxygen atoms in total. The van der Waals surface area contributed by atoms with Gasteiger partial charge in [-0.15, -0.1) is 0 Å². The van der Waals surface area contributed by atoms with Crippen molar-refractivity contribution >= 4 is 7.37 Å². The molecule has 0 radical (unpaired) electrons. The van der Waals surface area contributed by atoms with Gasteiger partial charge in [0.15, 0.2) is 0 Å². The molecule has 0 aliphatic rings. The molecule has 0 amide bonds. The zero-order chi connectivity index (χ0) is 15.1. The summed E-state index contributed by atoms with van der Waals surface area (Å²) < 4.78 is 12.7. The summed E-state index contributed by atoms with van der Waals surface area (Å²) in [7, 11) is -3.02. The van der Waals surface area contributed by atoms with Gasteiger partial charge < -0.3 is 4.89 Å². The van der Waals surface area contributed by atoms with Gasteiger partial charge in [-0.2, -0.15) is 0 Å². The highest BCUT2D eigenvalue weighted by atomic mass is 31.2. The van der Waals surface area contributed by atoms with E-state index in [0.717, 1.165) is 19.3 Å². The van der Waals surface area contributed by atoms with E-state index >= 15 is 0 Å². The molecule has 4 atom stereocenters. The molecule has 0 aliphatic carbocycles. The summed E-state index contributed by atoms with van der Waals surface area (Å²) in [6.07, 6.45) is 6.08. The monoisotopic (exact) mass is 290 g/mol. The van der Waals surface area contributed by atoms with E-state index in [1.807, 2.05) is 6.92 Å². The van der Waals surface area contributed by atoms with Crippen molar-refractivity contribution in [3.8, 4) is 0 Å². The molecule has 19 heavy (non-hydrogen) atoms. The molecular formula is C16H35O2P. The Morgan fingerprint density at radius 2 is 1.58 bits per heavy atom. The molecule has 0 saturated heterocycles. The molecule has 0 rings (SSSR count). The van der Waals surface area contributed by atoms with Crippen molar-refractivity contribution < 1.29 is 9.46 Å². The van der Waals surface area contributed by atoms with Crippen molar-refractivity contribution in [1.29, 1.82) is 0 Å². The maximum atomic E-state index is 12.7. The lowest BCUT2D eigenvalue weighted by Gasteiger charge is -2.30. The van der Waals surface area contributed by atoms with Crippen LogP contribution in [0.1, 0.15) is 73.6 Å². The van der Waals surface area contributed by atoms with E-state index in [-0.39, 0.29) is 5.66 Å². The normalized spacial score (nSPS) is 20.0. The molecule has 0 fully saturated rings. The van der Waals surface area contributed by atoms with Crippen LogP contribution in [0.25, 0.3) is 0 Å². The van der Waals surface area contributed by atoms with Gasteiger partial charge in [0.05, 0.1) is 0 Å². The molecule has 3 heteroatoms. The summed E-state index contributed by atoms with van der Waals surface area (Å²) in [6, 6.07) is 0. The van der Waals surface area contributed by atoms with E-state index in [1.165, 1.54) is 12.8 Å². The molecule has 0 aromatic carbocycles.